The first-order valence-electron chi connectivity index (χ1n) is 6.07. The largest absolute Gasteiger partial charge is 0.496 e. The van der Waals surface area contributed by atoms with Gasteiger partial charge >= 0.3 is 0 Å². The van der Waals surface area contributed by atoms with Crippen LogP contribution in [-0.2, 0) is 6.54 Å². The van der Waals surface area contributed by atoms with Gasteiger partial charge in [-0.1, -0.05) is 0 Å². The molecule has 0 radical (unpaired) electrons. The second kappa shape index (κ2) is 6.74. The number of nitro benzene ring substituents is 1. The number of nitrogens with zero attached hydrogens (tertiary/aromatic N) is 4. The lowest BCUT2D eigenvalue weighted by Gasteiger charge is -2.22. The Bertz CT molecular complexity index is 502. The van der Waals surface area contributed by atoms with Crippen molar-refractivity contribution in [1.82, 2.24) is 9.80 Å². The summed E-state index contributed by atoms with van der Waals surface area (Å²) in [6.07, 6.45) is 0. The Morgan fingerprint density at radius 2 is 1.90 bits per heavy atom. The summed E-state index contributed by atoms with van der Waals surface area (Å²) in [6, 6.07) is 4.50. The molecule has 110 valence electrons. The van der Waals surface area contributed by atoms with Crippen molar-refractivity contribution in [2.75, 3.05) is 35.3 Å². The molecule has 7 heteroatoms. The summed E-state index contributed by atoms with van der Waals surface area (Å²) in [6.45, 7) is 0.316. The third-order valence-electron chi connectivity index (χ3n) is 2.67. The van der Waals surface area contributed by atoms with Gasteiger partial charge in [0.05, 0.1) is 18.6 Å². The zero-order valence-electron chi connectivity index (χ0n) is 12.5. The number of rotatable bonds is 4. The molecule has 0 fully saturated rings. The molecule has 7 nitrogen and oxygen atoms in total. The van der Waals surface area contributed by atoms with Gasteiger partial charge in [-0.25, -0.2) is 4.99 Å². The number of ether oxygens (including phenoxy) is 1. The van der Waals surface area contributed by atoms with E-state index in [0.717, 1.165) is 5.96 Å². The lowest BCUT2D eigenvalue weighted by atomic mass is 10.2. The number of methoxy groups -OCH3 is 1. The summed E-state index contributed by atoms with van der Waals surface area (Å²) in [4.78, 5) is 18.6. The van der Waals surface area contributed by atoms with Crippen LogP contribution < -0.4 is 4.74 Å². The SMILES string of the molecule is COc1ccc([N+](=O)[O-])cc1CN=C(N(C)C)N(C)C. The summed E-state index contributed by atoms with van der Waals surface area (Å²) in [5.41, 5.74) is 0.718. The number of hydrogen-bond donors (Lipinski definition) is 0. The van der Waals surface area contributed by atoms with Gasteiger partial charge in [0.15, 0.2) is 5.96 Å². The topological polar surface area (TPSA) is 71.2 Å². The van der Waals surface area contributed by atoms with E-state index in [9.17, 15) is 10.1 Å². The van der Waals surface area contributed by atoms with Crippen molar-refractivity contribution in [1.29, 1.82) is 0 Å². The summed E-state index contributed by atoms with van der Waals surface area (Å²) < 4.78 is 5.21. The Morgan fingerprint density at radius 3 is 2.35 bits per heavy atom. The van der Waals surface area contributed by atoms with Crippen LogP contribution >= 0.6 is 0 Å². The van der Waals surface area contributed by atoms with Crippen molar-refractivity contribution in [2.24, 2.45) is 4.99 Å². The molecule has 0 heterocycles. The maximum atomic E-state index is 10.8. The lowest BCUT2D eigenvalue weighted by molar-refractivity contribution is -0.384. The summed E-state index contributed by atoms with van der Waals surface area (Å²) >= 11 is 0. The molecule has 0 saturated carbocycles. The Labute approximate surface area is 118 Å². The fourth-order valence-corrected chi connectivity index (χ4v) is 1.84. The molecule has 0 aliphatic heterocycles. The molecule has 0 aliphatic rings. The van der Waals surface area contributed by atoms with Crippen LogP contribution in [0.3, 0.4) is 0 Å². The van der Waals surface area contributed by atoms with Crippen LogP contribution in [0.2, 0.25) is 0 Å². The van der Waals surface area contributed by atoms with E-state index in [-0.39, 0.29) is 5.69 Å². The molecule has 1 aromatic rings. The first-order valence-corrected chi connectivity index (χ1v) is 6.07. The highest BCUT2D eigenvalue weighted by molar-refractivity contribution is 5.79. The Balaban J connectivity index is 3.09. The number of hydrogen-bond acceptors (Lipinski definition) is 4. The van der Waals surface area contributed by atoms with Gasteiger partial charge in [-0.05, 0) is 6.07 Å². The molecule has 0 aromatic heterocycles. The summed E-state index contributed by atoms with van der Waals surface area (Å²) in [5.74, 6) is 1.37. The predicted octanol–water partition coefficient (Wildman–Crippen LogP) is 1.58. The minimum atomic E-state index is -0.425. The van der Waals surface area contributed by atoms with Crippen LogP contribution in [0.5, 0.6) is 5.75 Å². The molecule has 0 saturated heterocycles. The minimum absolute atomic E-state index is 0.0345. The van der Waals surface area contributed by atoms with Crippen LogP contribution in [0.4, 0.5) is 5.69 Å². The van der Waals surface area contributed by atoms with E-state index >= 15 is 0 Å². The van der Waals surface area contributed by atoms with Crippen molar-refractivity contribution in [3.8, 4) is 5.75 Å². The Kier molecular flexibility index (Phi) is 5.31. The van der Waals surface area contributed by atoms with E-state index in [0.29, 0.717) is 17.9 Å². The second-order valence-corrected chi connectivity index (χ2v) is 4.66. The smallest absolute Gasteiger partial charge is 0.270 e. The molecule has 1 aromatic carbocycles. The van der Waals surface area contributed by atoms with Gasteiger partial charge in [0.25, 0.3) is 5.69 Å². The van der Waals surface area contributed by atoms with E-state index in [4.69, 9.17) is 4.74 Å². The van der Waals surface area contributed by atoms with Crippen LogP contribution in [-0.4, -0.2) is 56.0 Å². The third kappa shape index (κ3) is 3.84. The molecule has 0 unspecified atom stereocenters. The van der Waals surface area contributed by atoms with E-state index in [1.165, 1.54) is 19.2 Å². The molecular weight excluding hydrogens is 260 g/mol. The van der Waals surface area contributed by atoms with Gasteiger partial charge in [-0.3, -0.25) is 10.1 Å². The minimum Gasteiger partial charge on any atom is -0.496 e. The lowest BCUT2D eigenvalue weighted by Crippen LogP contribution is -2.35. The van der Waals surface area contributed by atoms with Crippen molar-refractivity contribution in [2.45, 2.75) is 6.54 Å². The van der Waals surface area contributed by atoms with E-state index in [1.54, 1.807) is 6.07 Å². The normalized spacial score (nSPS) is 9.85. The fourth-order valence-electron chi connectivity index (χ4n) is 1.84. The number of benzene rings is 1. The number of aliphatic imine (C=N–C) groups is 1. The number of guanidine groups is 1. The maximum absolute atomic E-state index is 10.8. The summed E-state index contributed by atoms with van der Waals surface area (Å²) in [7, 11) is 9.10. The van der Waals surface area contributed by atoms with E-state index < -0.39 is 4.92 Å². The van der Waals surface area contributed by atoms with Crippen molar-refractivity contribution < 1.29 is 9.66 Å². The predicted molar refractivity (Wildman–Crippen MR) is 78.2 cm³/mol. The van der Waals surface area contributed by atoms with Gasteiger partial charge in [-0.2, -0.15) is 0 Å². The summed E-state index contributed by atoms with van der Waals surface area (Å²) in [5, 5.41) is 10.8. The first-order chi connectivity index (χ1) is 9.36. The molecule has 0 bridgehead atoms. The maximum Gasteiger partial charge on any atom is 0.270 e. The third-order valence-corrected chi connectivity index (χ3v) is 2.67. The highest BCUT2D eigenvalue weighted by atomic mass is 16.6. The fraction of sp³-hybridized carbons (Fsp3) is 0.462. The number of nitro groups is 1. The molecule has 0 aliphatic carbocycles. The van der Waals surface area contributed by atoms with Crippen LogP contribution in [0.25, 0.3) is 0 Å². The van der Waals surface area contributed by atoms with Crippen molar-refractivity contribution >= 4 is 11.6 Å². The quantitative estimate of drug-likeness (QED) is 0.362. The van der Waals surface area contributed by atoms with Gasteiger partial charge < -0.3 is 14.5 Å². The average Bonchev–Trinajstić information content (AvgIpc) is 2.37. The Hall–Kier alpha value is -2.31. The zero-order chi connectivity index (χ0) is 15.3. The standard InChI is InChI=1S/C13H20N4O3/c1-15(2)13(16(3)4)14-9-10-8-11(17(18)19)6-7-12(10)20-5/h6-8H,9H2,1-5H3. The van der Waals surface area contributed by atoms with Crippen molar-refractivity contribution in [3.63, 3.8) is 0 Å². The molecule has 0 N–H and O–H groups in total. The van der Waals surface area contributed by atoms with Crippen molar-refractivity contribution in [3.05, 3.63) is 33.9 Å². The van der Waals surface area contributed by atoms with Gasteiger partial charge in [0.2, 0.25) is 0 Å². The van der Waals surface area contributed by atoms with Gasteiger partial charge in [0, 0.05) is 45.9 Å². The highest BCUT2D eigenvalue weighted by Gasteiger charge is 2.12. The van der Waals surface area contributed by atoms with Gasteiger partial charge in [-0.15, -0.1) is 0 Å². The molecule has 1 rings (SSSR count). The van der Waals surface area contributed by atoms with Gasteiger partial charge in [0.1, 0.15) is 5.75 Å². The average molecular weight is 280 g/mol. The molecule has 0 amide bonds. The zero-order valence-corrected chi connectivity index (χ0v) is 12.5. The molecule has 0 atom stereocenters. The second-order valence-electron chi connectivity index (χ2n) is 4.66. The molecule has 0 spiro atoms. The van der Waals surface area contributed by atoms with E-state index in [1.807, 2.05) is 38.0 Å². The number of non-ortho nitro benzene ring substituents is 1. The van der Waals surface area contributed by atoms with Crippen LogP contribution in [0, 0.1) is 10.1 Å². The highest BCUT2D eigenvalue weighted by Crippen LogP contribution is 2.24. The Morgan fingerprint density at radius 1 is 1.30 bits per heavy atom. The monoisotopic (exact) mass is 280 g/mol. The van der Waals surface area contributed by atoms with Crippen LogP contribution in [0.15, 0.2) is 23.2 Å². The molecular formula is C13H20N4O3. The molecule has 20 heavy (non-hydrogen) atoms. The van der Waals surface area contributed by atoms with Crippen LogP contribution in [0.1, 0.15) is 5.56 Å². The van der Waals surface area contributed by atoms with E-state index in [2.05, 4.69) is 4.99 Å². The first kappa shape index (κ1) is 15.7.